The van der Waals surface area contributed by atoms with E-state index >= 15 is 0 Å². The van der Waals surface area contributed by atoms with Crippen LogP contribution >= 0.6 is 11.6 Å². The van der Waals surface area contributed by atoms with Crippen LogP contribution in [0.2, 0.25) is 5.02 Å². The van der Waals surface area contributed by atoms with Crippen molar-refractivity contribution in [1.29, 1.82) is 0 Å². The lowest BCUT2D eigenvalue weighted by Crippen LogP contribution is -2.42. The van der Waals surface area contributed by atoms with Crippen LogP contribution in [0.25, 0.3) is 0 Å². The van der Waals surface area contributed by atoms with Gasteiger partial charge in [0.25, 0.3) is 5.91 Å². The van der Waals surface area contributed by atoms with Crippen LogP contribution in [0, 0.1) is 5.41 Å². The monoisotopic (exact) mass is 416 g/mol. The third-order valence-corrected chi connectivity index (χ3v) is 4.50. The molecule has 7 heteroatoms. The number of halogens is 1. The zero-order valence-electron chi connectivity index (χ0n) is 17.2. The molecule has 0 aliphatic carbocycles. The Balaban J connectivity index is 1.86. The number of hydrogen-bond acceptors (Lipinski definition) is 3. The van der Waals surface area contributed by atoms with Crippen molar-refractivity contribution in [2.75, 3.05) is 20.2 Å². The Bertz CT molecular complexity index is 852. The van der Waals surface area contributed by atoms with Gasteiger partial charge in [0.2, 0.25) is 0 Å². The predicted molar refractivity (Wildman–Crippen MR) is 118 cm³/mol. The Morgan fingerprint density at radius 2 is 1.86 bits per heavy atom. The summed E-state index contributed by atoms with van der Waals surface area (Å²) in [4.78, 5) is 15.1. The average molecular weight is 417 g/mol. The number of guanidine groups is 1. The second-order valence-electron chi connectivity index (χ2n) is 7.65. The van der Waals surface area contributed by atoms with Gasteiger partial charge in [-0.25, -0.2) is 0 Å². The van der Waals surface area contributed by atoms with Gasteiger partial charge in [-0.05, 0) is 47.2 Å². The molecule has 0 aromatic heterocycles. The molecule has 0 spiro atoms. The van der Waals surface area contributed by atoms with E-state index in [0.29, 0.717) is 18.3 Å². The summed E-state index contributed by atoms with van der Waals surface area (Å²) in [7, 11) is 1.74. The summed E-state index contributed by atoms with van der Waals surface area (Å²) in [5.41, 5.74) is 7.35. The third kappa shape index (κ3) is 8.44. The molecular weight excluding hydrogens is 388 g/mol. The van der Waals surface area contributed by atoms with Crippen LogP contribution in [0.15, 0.2) is 53.5 Å². The molecule has 0 aliphatic rings. The minimum atomic E-state index is -0.501. The zero-order chi connectivity index (χ0) is 21.3. The summed E-state index contributed by atoms with van der Waals surface area (Å²) in [6, 6.07) is 15.5. The highest BCUT2D eigenvalue weighted by molar-refractivity contribution is 6.30. The van der Waals surface area contributed by atoms with Crippen molar-refractivity contribution in [1.82, 2.24) is 10.6 Å². The largest absolute Gasteiger partial charge is 0.484 e. The van der Waals surface area contributed by atoms with Gasteiger partial charge in [0.05, 0.1) is 0 Å². The Labute approximate surface area is 177 Å². The fraction of sp³-hybridized carbons (Fsp3) is 0.364. The van der Waals surface area contributed by atoms with Crippen molar-refractivity contribution in [3.05, 3.63) is 64.7 Å². The summed E-state index contributed by atoms with van der Waals surface area (Å²) in [5.74, 6) is 0.819. The summed E-state index contributed by atoms with van der Waals surface area (Å²) in [6.07, 6.45) is 0.900. The molecule has 0 bridgehead atoms. The van der Waals surface area contributed by atoms with Gasteiger partial charge in [0, 0.05) is 25.2 Å². The second kappa shape index (κ2) is 10.7. The van der Waals surface area contributed by atoms with E-state index in [1.807, 2.05) is 36.4 Å². The second-order valence-corrected chi connectivity index (χ2v) is 8.09. The number of nitrogens with one attached hydrogen (secondary N) is 2. The number of carbonyl (C=O) groups is 1. The van der Waals surface area contributed by atoms with E-state index in [2.05, 4.69) is 35.5 Å². The molecule has 0 saturated heterocycles. The first-order chi connectivity index (χ1) is 13.8. The lowest BCUT2D eigenvalue weighted by molar-refractivity contribution is -0.119. The third-order valence-electron chi connectivity index (χ3n) is 4.27. The number of nitrogens with zero attached hydrogens (tertiary/aromatic N) is 1. The highest BCUT2D eigenvalue weighted by Crippen LogP contribution is 2.22. The summed E-state index contributed by atoms with van der Waals surface area (Å²) in [5, 5.41) is 7.43. The van der Waals surface area contributed by atoms with Gasteiger partial charge in [-0.1, -0.05) is 49.7 Å². The van der Waals surface area contributed by atoms with Crippen molar-refractivity contribution in [3.63, 3.8) is 0 Å². The van der Waals surface area contributed by atoms with E-state index in [1.165, 1.54) is 5.56 Å². The SMILES string of the molecule is CN=C(NCc1cccc(OCC(N)=O)c1)NCC(C)(C)Cc1cccc(Cl)c1. The topological polar surface area (TPSA) is 88.7 Å². The van der Waals surface area contributed by atoms with E-state index in [1.54, 1.807) is 13.1 Å². The number of hydrogen-bond donors (Lipinski definition) is 3. The van der Waals surface area contributed by atoms with Crippen LogP contribution in [-0.4, -0.2) is 32.1 Å². The maximum Gasteiger partial charge on any atom is 0.255 e. The lowest BCUT2D eigenvalue weighted by Gasteiger charge is -2.26. The number of aliphatic imine (C=N–C) groups is 1. The molecule has 0 heterocycles. The molecule has 1 amide bonds. The van der Waals surface area contributed by atoms with Gasteiger partial charge in [0.15, 0.2) is 12.6 Å². The van der Waals surface area contributed by atoms with E-state index in [-0.39, 0.29) is 12.0 Å². The van der Waals surface area contributed by atoms with Gasteiger partial charge in [-0.3, -0.25) is 9.79 Å². The molecule has 0 aliphatic heterocycles. The van der Waals surface area contributed by atoms with Crippen LogP contribution in [-0.2, 0) is 17.8 Å². The van der Waals surface area contributed by atoms with Crippen LogP contribution in [0.1, 0.15) is 25.0 Å². The van der Waals surface area contributed by atoms with Crippen LogP contribution in [0.4, 0.5) is 0 Å². The molecule has 0 unspecified atom stereocenters. The molecule has 6 nitrogen and oxygen atoms in total. The number of benzene rings is 2. The van der Waals surface area contributed by atoms with Crippen molar-refractivity contribution >= 4 is 23.5 Å². The maximum absolute atomic E-state index is 10.9. The highest BCUT2D eigenvalue weighted by Gasteiger charge is 2.19. The number of nitrogens with two attached hydrogens (primary N) is 1. The number of amides is 1. The number of rotatable bonds is 9. The summed E-state index contributed by atoms with van der Waals surface area (Å²) >= 11 is 6.09. The molecule has 0 fully saturated rings. The molecule has 4 N–H and O–H groups in total. The van der Waals surface area contributed by atoms with Gasteiger partial charge in [0.1, 0.15) is 5.75 Å². The van der Waals surface area contributed by atoms with E-state index in [9.17, 15) is 4.79 Å². The molecule has 2 aromatic carbocycles. The summed E-state index contributed by atoms with van der Waals surface area (Å²) < 4.78 is 5.34. The Kier molecular flexibility index (Phi) is 8.34. The van der Waals surface area contributed by atoms with Crippen LogP contribution in [0.5, 0.6) is 5.75 Å². The molecule has 29 heavy (non-hydrogen) atoms. The molecule has 0 saturated carbocycles. The fourth-order valence-corrected chi connectivity index (χ4v) is 3.10. The smallest absolute Gasteiger partial charge is 0.255 e. The lowest BCUT2D eigenvalue weighted by atomic mass is 9.86. The highest BCUT2D eigenvalue weighted by atomic mass is 35.5. The van der Waals surface area contributed by atoms with Gasteiger partial charge >= 0.3 is 0 Å². The number of ether oxygens (including phenoxy) is 1. The van der Waals surface area contributed by atoms with E-state index in [0.717, 1.165) is 23.6 Å². The van der Waals surface area contributed by atoms with Crippen LogP contribution < -0.4 is 21.1 Å². The van der Waals surface area contributed by atoms with Crippen molar-refractivity contribution in [2.45, 2.75) is 26.8 Å². The minimum Gasteiger partial charge on any atom is -0.484 e. The first-order valence-electron chi connectivity index (χ1n) is 9.46. The molecule has 156 valence electrons. The molecule has 0 radical (unpaired) electrons. The summed E-state index contributed by atoms with van der Waals surface area (Å²) in [6.45, 7) is 5.59. The van der Waals surface area contributed by atoms with Crippen LogP contribution in [0.3, 0.4) is 0 Å². The molecule has 2 aromatic rings. The Morgan fingerprint density at radius 3 is 2.55 bits per heavy atom. The first kappa shape index (κ1) is 22.6. The molecule has 0 atom stereocenters. The standard InChI is InChI=1S/C22H29ClN4O2/c1-22(2,12-16-6-4-8-18(23)10-16)15-27-21(25-3)26-13-17-7-5-9-19(11-17)29-14-20(24)28/h4-11H,12-15H2,1-3H3,(H2,24,28)(H2,25,26,27). The normalized spacial score (nSPS) is 11.8. The zero-order valence-corrected chi connectivity index (χ0v) is 17.9. The van der Waals surface area contributed by atoms with E-state index < -0.39 is 5.91 Å². The van der Waals surface area contributed by atoms with Gasteiger partial charge in [-0.15, -0.1) is 0 Å². The maximum atomic E-state index is 10.9. The van der Waals surface area contributed by atoms with E-state index in [4.69, 9.17) is 22.1 Å². The predicted octanol–water partition coefficient (Wildman–Crippen LogP) is 3.14. The Morgan fingerprint density at radius 1 is 1.14 bits per heavy atom. The quantitative estimate of drug-likeness (QED) is 0.432. The van der Waals surface area contributed by atoms with Crippen molar-refractivity contribution in [2.24, 2.45) is 16.1 Å². The van der Waals surface area contributed by atoms with Gasteiger partial charge < -0.3 is 21.1 Å². The Hall–Kier alpha value is -2.73. The molecular formula is C22H29ClN4O2. The number of primary amides is 1. The molecule has 2 rings (SSSR count). The number of carbonyl (C=O) groups excluding carboxylic acids is 1. The van der Waals surface area contributed by atoms with Crippen molar-refractivity contribution < 1.29 is 9.53 Å². The van der Waals surface area contributed by atoms with Crippen molar-refractivity contribution in [3.8, 4) is 5.75 Å². The van der Waals surface area contributed by atoms with Gasteiger partial charge in [-0.2, -0.15) is 0 Å². The average Bonchev–Trinajstić information content (AvgIpc) is 2.66. The first-order valence-corrected chi connectivity index (χ1v) is 9.84. The fourth-order valence-electron chi connectivity index (χ4n) is 2.89. The minimum absolute atomic E-state index is 0.0187.